The van der Waals surface area contributed by atoms with Gasteiger partial charge in [-0.25, -0.2) is 0 Å². The van der Waals surface area contributed by atoms with Crippen molar-refractivity contribution in [2.45, 2.75) is 139 Å². The monoisotopic (exact) mass is 979 g/mol. The molecule has 15 atom stereocenters. The first-order valence-corrected chi connectivity index (χ1v) is 24.1. The van der Waals surface area contributed by atoms with Gasteiger partial charge in [0.1, 0.15) is 67.1 Å². The van der Waals surface area contributed by atoms with E-state index in [-0.39, 0.29) is 39.6 Å². The van der Waals surface area contributed by atoms with E-state index in [9.17, 15) is 25.2 Å². The Labute approximate surface area is 414 Å². The normalized spacial score (nSPS) is 30.9. The number of nitrogens with one attached hydrogen (secondary N) is 1. The summed E-state index contributed by atoms with van der Waals surface area (Å²) in [6, 6.07) is 46.9. The highest BCUT2D eigenvalue weighted by molar-refractivity contribution is 5.73. The number of carbonyl (C=O) groups excluding carboxylic acids is 1. The minimum Gasteiger partial charge on any atom is -0.394 e. The number of amides is 1. The summed E-state index contributed by atoms with van der Waals surface area (Å²) in [5, 5.41) is 46.4. The van der Waals surface area contributed by atoms with Crippen LogP contribution in [0.1, 0.15) is 41.7 Å². The van der Waals surface area contributed by atoms with Crippen LogP contribution in [-0.2, 0) is 85.2 Å². The Bertz CT molecular complexity index is 2300. The van der Waals surface area contributed by atoms with Crippen LogP contribution in [0.3, 0.4) is 0 Å². The topological polar surface area (TPSA) is 202 Å². The molecule has 3 saturated heterocycles. The molecule has 5 aromatic carbocycles. The van der Waals surface area contributed by atoms with Gasteiger partial charge in [0.05, 0.1) is 52.4 Å². The number of aliphatic hydroxyl groups is 4. The molecule has 15 unspecified atom stereocenters. The number of ether oxygens (including phenoxy) is 10. The lowest BCUT2D eigenvalue weighted by Gasteiger charge is -2.51. The number of rotatable bonds is 22. The minimum absolute atomic E-state index is 0.0692. The molecule has 0 aliphatic carbocycles. The third-order valence-corrected chi connectivity index (χ3v) is 12.7. The van der Waals surface area contributed by atoms with Crippen molar-refractivity contribution in [2.24, 2.45) is 0 Å². The molecule has 3 fully saturated rings. The summed E-state index contributed by atoms with van der Waals surface area (Å²) >= 11 is 0. The van der Waals surface area contributed by atoms with Gasteiger partial charge in [-0.2, -0.15) is 0 Å². The second-order valence-electron chi connectivity index (χ2n) is 18.0. The van der Waals surface area contributed by atoms with Gasteiger partial charge in [-0.15, -0.1) is 0 Å². The van der Waals surface area contributed by atoms with Crippen LogP contribution in [0.4, 0.5) is 0 Å². The second-order valence-corrected chi connectivity index (χ2v) is 18.0. The lowest BCUT2D eigenvalue weighted by Crippen LogP contribution is -2.70. The van der Waals surface area contributed by atoms with Crippen LogP contribution in [0, 0.1) is 0 Å². The van der Waals surface area contributed by atoms with Gasteiger partial charge >= 0.3 is 0 Å². The van der Waals surface area contributed by atoms with Crippen molar-refractivity contribution >= 4 is 5.91 Å². The lowest BCUT2D eigenvalue weighted by molar-refractivity contribution is -0.380. The highest BCUT2D eigenvalue weighted by Gasteiger charge is 2.56. The van der Waals surface area contributed by atoms with Gasteiger partial charge in [-0.05, 0) is 34.7 Å². The van der Waals surface area contributed by atoms with E-state index in [0.717, 1.165) is 27.8 Å². The fraction of sp³-hybridized carbons (Fsp3) is 0.436. The van der Waals surface area contributed by atoms with Crippen molar-refractivity contribution in [3.63, 3.8) is 0 Å². The predicted molar refractivity (Wildman–Crippen MR) is 256 cm³/mol. The number of aliphatic hydroxyl groups excluding tert-OH is 4. The van der Waals surface area contributed by atoms with E-state index in [1.54, 1.807) is 0 Å². The second kappa shape index (κ2) is 26.1. The molecule has 16 heteroatoms. The molecule has 71 heavy (non-hydrogen) atoms. The molecule has 1 amide bonds. The van der Waals surface area contributed by atoms with Crippen molar-refractivity contribution in [3.05, 3.63) is 179 Å². The molecule has 0 bridgehead atoms. The molecule has 16 nitrogen and oxygen atoms in total. The fourth-order valence-electron chi connectivity index (χ4n) is 8.98. The number of hydrogen-bond donors (Lipinski definition) is 5. The molecule has 3 heterocycles. The summed E-state index contributed by atoms with van der Waals surface area (Å²) in [4.78, 5) is 13.4. The van der Waals surface area contributed by atoms with E-state index in [2.05, 4.69) is 5.32 Å². The van der Waals surface area contributed by atoms with Crippen molar-refractivity contribution in [2.75, 3.05) is 13.2 Å². The fourth-order valence-corrected chi connectivity index (χ4v) is 8.98. The molecule has 0 spiro atoms. The Morgan fingerprint density at radius 3 is 1.41 bits per heavy atom. The standard InChI is InChI=1S/C55H65NO15/c1-35-48(63-30-38-20-10-4-11-21-38)51(64-31-39-22-12-5-13-23-39)52(65-32-40-24-14-6-15-25-40)55(67-35)71-50-44(56-36(2)58)53(66-33-41-26-16-7-17-27-41)69-43(34-62-29-37-18-8-3-9-19-37)49(50)70-54-47(61)46(60)45(59)42(28-57)68-54/h3-27,35,42-55,57,59-61H,28-34H2,1-2H3,(H,56,58). The maximum Gasteiger partial charge on any atom is 0.217 e. The lowest BCUT2D eigenvalue weighted by atomic mass is 9.94. The maximum absolute atomic E-state index is 13.4. The number of carbonyl (C=O) groups is 1. The first-order valence-electron chi connectivity index (χ1n) is 24.1. The van der Waals surface area contributed by atoms with Crippen LogP contribution < -0.4 is 5.32 Å². The Morgan fingerprint density at radius 1 is 0.479 bits per heavy atom. The summed E-state index contributed by atoms with van der Waals surface area (Å²) in [7, 11) is 0. The van der Waals surface area contributed by atoms with E-state index in [4.69, 9.17) is 47.4 Å². The zero-order chi connectivity index (χ0) is 49.5. The molecule has 380 valence electrons. The van der Waals surface area contributed by atoms with E-state index >= 15 is 0 Å². The molecular formula is C55H65NO15. The molecule has 0 radical (unpaired) electrons. The molecule has 5 N–H and O–H groups in total. The van der Waals surface area contributed by atoms with Crippen molar-refractivity contribution in [3.8, 4) is 0 Å². The van der Waals surface area contributed by atoms with Crippen LogP contribution in [0.2, 0.25) is 0 Å². The average Bonchev–Trinajstić information content (AvgIpc) is 3.39. The van der Waals surface area contributed by atoms with Crippen LogP contribution in [-0.4, -0.2) is 132 Å². The molecular weight excluding hydrogens is 915 g/mol. The van der Waals surface area contributed by atoms with Crippen LogP contribution >= 0.6 is 0 Å². The number of hydrogen-bond acceptors (Lipinski definition) is 15. The summed E-state index contributed by atoms with van der Waals surface area (Å²) < 4.78 is 66.8. The first kappa shape index (κ1) is 52.3. The van der Waals surface area contributed by atoms with Gasteiger partial charge in [0.15, 0.2) is 18.9 Å². The van der Waals surface area contributed by atoms with E-state index in [1.165, 1.54) is 6.92 Å². The predicted octanol–water partition coefficient (Wildman–Crippen LogP) is 4.72. The van der Waals surface area contributed by atoms with Gasteiger partial charge in [0.25, 0.3) is 0 Å². The highest BCUT2D eigenvalue weighted by Crippen LogP contribution is 2.37. The van der Waals surface area contributed by atoms with E-state index < -0.39 is 105 Å². The van der Waals surface area contributed by atoms with Crippen molar-refractivity contribution in [1.29, 1.82) is 0 Å². The quantitative estimate of drug-likeness (QED) is 0.0638. The third-order valence-electron chi connectivity index (χ3n) is 12.7. The molecule has 3 aliphatic heterocycles. The van der Waals surface area contributed by atoms with Gasteiger partial charge in [0, 0.05) is 6.92 Å². The Morgan fingerprint density at radius 2 is 0.915 bits per heavy atom. The average molecular weight is 980 g/mol. The summed E-state index contributed by atoms with van der Waals surface area (Å²) in [5.74, 6) is -0.459. The van der Waals surface area contributed by atoms with Crippen molar-refractivity contribution < 1.29 is 72.6 Å². The van der Waals surface area contributed by atoms with Crippen LogP contribution in [0.15, 0.2) is 152 Å². The Kier molecular flexibility index (Phi) is 19.2. The molecule has 0 saturated carbocycles. The molecule has 0 aromatic heterocycles. The van der Waals surface area contributed by atoms with Crippen LogP contribution in [0.5, 0.6) is 0 Å². The zero-order valence-corrected chi connectivity index (χ0v) is 39.8. The van der Waals surface area contributed by atoms with Crippen LogP contribution in [0.25, 0.3) is 0 Å². The number of benzene rings is 5. The van der Waals surface area contributed by atoms with E-state index in [1.807, 2.05) is 159 Å². The van der Waals surface area contributed by atoms with Crippen molar-refractivity contribution in [1.82, 2.24) is 5.32 Å². The minimum atomic E-state index is -1.81. The molecule has 3 aliphatic rings. The van der Waals surface area contributed by atoms with Gasteiger partial charge in [-0.1, -0.05) is 152 Å². The Balaban J connectivity index is 1.19. The summed E-state index contributed by atoms with van der Waals surface area (Å²) in [5.41, 5.74) is 4.42. The van der Waals surface area contributed by atoms with Gasteiger partial charge < -0.3 is 73.1 Å². The SMILES string of the molecule is CC(=O)NC1C(OCc2ccccc2)OC(COCc2ccccc2)C(OC2OC(CO)C(O)C(O)C2O)C1OC1OC(C)C(OCc2ccccc2)C(OCc2ccccc2)C1OCc1ccccc1. The molecule has 8 rings (SSSR count). The first-order chi connectivity index (χ1) is 34.6. The smallest absolute Gasteiger partial charge is 0.217 e. The molecule has 5 aromatic rings. The maximum atomic E-state index is 13.4. The summed E-state index contributed by atoms with van der Waals surface area (Å²) in [6.07, 6.45) is -17.6. The summed E-state index contributed by atoms with van der Waals surface area (Å²) in [6.45, 7) is 3.16. The third kappa shape index (κ3) is 14.2. The largest absolute Gasteiger partial charge is 0.394 e. The Hall–Kier alpha value is -4.99. The highest BCUT2D eigenvalue weighted by atomic mass is 16.8. The zero-order valence-electron chi connectivity index (χ0n) is 39.8. The van der Waals surface area contributed by atoms with Gasteiger partial charge in [0.2, 0.25) is 5.91 Å². The van der Waals surface area contributed by atoms with E-state index in [0.29, 0.717) is 0 Å². The van der Waals surface area contributed by atoms with Gasteiger partial charge in [-0.3, -0.25) is 4.79 Å².